The number of rotatable bonds is 6. The molecule has 146 valence electrons. The number of halogens is 1. The number of hydrogen-bond donors (Lipinski definition) is 3. The molecule has 1 aliphatic rings. The standard InChI is InChI=1S/C19H21FN6O2/c1-28-16-5-3-2-4-12(16)19(27)24-14-10-21-25-17(14)18-22-13-6-8-26(9-7-20)11-15(13)23-18/h2-5,10H,6-9,11H2,1H3,(H,21,25)(H,22,23)(H,24,27). The van der Waals surface area contributed by atoms with Gasteiger partial charge in [-0.2, -0.15) is 5.10 Å². The lowest BCUT2D eigenvalue weighted by molar-refractivity contribution is 0.102. The number of aromatic nitrogens is 4. The first-order chi connectivity index (χ1) is 13.7. The number of H-pyrrole nitrogens is 2. The van der Waals surface area contributed by atoms with E-state index in [0.29, 0.717) is 41.6 Å². The molecule has 28 heavy (non-hydrogen) atoms. The third-order valence-corrected chi connectivity index (χ3v) is 4.79. The number of carbonyl (C=O) groups excluding carboxylic acids is 1. The minimum atomic E-state index is -0.365. The van der Waals surface area contributed by atoms with E-state index in [1.165, 1.54) is 7.11 Å². The zero-order chi connectivity index (χ0) is 19.5. The minimum Gasteiger partial charge on any atom is -0.496 e. The Morgan fingerprint density at radius 1 is 1.39 bits per heavy atom. The predicted octanol–water partition coefficient (Wildman–Crippen LogP) is 2.39. The number of carbonyl (C=O) groups is 1. The zero-order valence-corrected chi connectivity index (χ0v) is 15.5. The number of ether oxygens (including phenoxy) is 1. The van der Waals surface area contributed by atoms with E-state index in [1.807, 2.05) is 4.90 Å². The largest absolute Gasteiger partial charge is 0.496 e. The molecule has 0 fully saturated rings. The van der Waals surface area contributed by atoms with E-state index in [4.69, 9.17) is 4.74 Å². The van der Waals surface area contributed by atoms with Gasteiger partial charge >= 0.3 is 0 Å². The number of amides is 1. The van der Waals surface area contributed by atoms with Gasteiger partial charge in [0.2, 0.25) is 0 Å². The lowest BCUT2D eigenvalue weighted by Gasteiger charge is -2.24. The van der Waals surface area contributed by atoms with E-state index >= 15 is 0 Å². The fraction of sp³-hybridized carbons (Fsp3) is 0.316. The summed E-state index contributed by atoms with van der Waals surface area (Å²) in [5.74, 6) is 0.789. The molecule has 2 aromatic heterocycles. The Kier molecular flexibility index (Phi) is 5.07. The predicted molar refractivity (Wildman–Crippen MR) is 102 cm³/mol. The smallest absolute Gasteiger partial charge is 0.259 e. The van der Waals surface area contributed by atoms with Crippen molar-refractivity contribution in [3.8, 4) is 17.3 Å². The number of fused-ring (bicyclic) bond motifs is 1. The Hall–Kier alpha value is -3.20. The maximum Gasteiger partial charge on any atom is 0.259 e. The number of para-hydroxylation sites is 1. The van der Waals surface area contributed by atoms with Gasteiger partial charge in [-0.15, -0.1) is 0 Å². The fourth-order valence-electron chi connectivity index (χ4n) is 3.36. The third-order valence-electron chi connectivity index (χ3n) is 4.79. The summed E-state index contributed by atoms with van der Waals surface area (Å²) >= 11 is 0. The van der Waals surface area contributed by atoms with Crippen LogP contribution in [0.5, 0.6) is 5.75 Å². The van der Waals surface area contributed by atoms with Crippen molar-refractivity contribution in [1.82, 2.24) is 25.1 Å². The first-order valence-corrected chi connectivity index (χ1v) is 9.03. The number of nitrogens with zero attached hydrogens (tertiary/aromatic N) is 3. The van der Waals surface area contributed by atoms with Crippen molar-refractivity contribution in [2.45, 2.75) is 13.0 Å². The van der Waals surface area contributed by atoms with Crippen LogP contribution in [0.3, 0.4) is 0 Å². The van der Waals surface area contributed by atoms with Gasteiger partial charge in [-0.25, -0.2) is 9.37 Å². The SMILES string of the molecule is COc1ccccc1C(=O)Nc1cn[nH]c1-c1nc2c([nH]1)CN(CCF)CC2. The second kappa shape index (κ2) is 7.81. The molecule has 3 N–H and O–H groups in total. The summed E-state index contributed by atoms with van der Waals surface area (Å²) in [4.78, 5) is 22.6. The van der Waals surface area contributed by atoms with Gasteiger partial charge in [-0.1, -0.05) is 12.1 Å². The molecule has 1 amide bonds. The monoisotopic (exact) mass is 384 g/mol. The van der Waals surface area contributed by atoms with Crippen molar-refractivity contribution in [3.05, 3.63) is 47.4 Å². The highest BCUT2D eigenvalue weighted by molar-refractivity contribution is 6.07. The van der Waals surface area contributed by atoms with Crippen LogP contribution >= 0.6 is 0 Å². The lowest BCUT2D eigenvalue weighted by Crippen LogP contribution is -2.32. The van der Waals surface area contributed by atoms with Crippen molar-refractivity contribution in [2.24, 2.45) is 0 Å². The van der Waals surface area contributed by atoms with Crippen LogP contribution in [0.15, 0.2) is 30.5 Å². The number of methoxy groups -OCH3 is 1. The first-order valence-electron chi connectivity index (χ1n) is 9.03. The Balaban J connectivity index is 1.56. The second-order valence-electron chi connectivity index (χ2n) is 6.54. The molecule has 0 aliphatic carbocycles. The number of aromatic amines is 2. The van der Waals surface area contributed by atoms with Crippen LogP contribution in [-0.2, 0) is 13.0 Å². The van der Waals surface area contributed by atoms with Crippen molar-refractivity contribution >= 4 is 11.6 Å². The van der Waals surface area contributed by atoms with Gasteiger partial charge < -0.3 is 15.0 Å². The highest BCUT2D eigenvalue weighted by Crippen LogP contribution is 2.27. The number of anilines is 1. The third kappa shape index (κ3) is 3.48. The van der Waals surface area contributed by atoms with Gasteiger partial charge in [0, 0.05) is 26.1 Å². The first kappa shape index (κ1) is 18.2. The summed E-state index contributed by atoms with van der Waals surface area (Å²) in [7, 11) is 1.52. The van der Waals surface area contributed by atoms with Gasteiger partial charge in [-0.05, 0) is 12.1 Å². The highest BCUT2D eigenvalue weighted by atomic mass is 19.1. The summed E-state index contributed by atoms with van der Waals surface area (Å²) in [6.45, 7) is 1.46. The Labute approximate surface area is 161 Å². The molecular formula is C19H21FN6O2. The molecular weight excluding hydrogens is 363 g/mol. The summed E-state index contributed by atoms with van der Waals surface area (Å²) in [6, 6.07) is 7.00. The molecule has 8 nitrogen and oxygen atoms in total. The summed E-state index contributed by atoms with van der Waals surface area (Å²) in [5.41, 5.74) is 3.46. The van der Waals surface area contributed by atoms with E-state index in [2.05, 4.69) is 25.5 Å². The van der Waals surface area contributed by atoms with Crippen LogP contribution in [0, 0.1) is 0 Å². The van der Waals surface area contributed by atoms with Crippen molar-refractivity contribution < 1.29 is 13.9 Å². The number of hydrogen-bond acceptors (Lipinski definition) is 5. The molecule has 3 heterocycles. The second-order valence-corrected chi connectivity index (χ2v) is 6.54. The Bertz CT molecular complexity index is 982. The number of alkyl halides is 1. The minimum absolute atomic E-state index is 0.300. The topological polar surface area (TPSA) is 98.9 Å². The van der Waals surface area contributed by atoms with Crippen LogP contribution in [0.25, 0.3) is 11.5 Å². The van der Waals surface area contributed by atoms with Gasteiger partial charge in [0.05, 0.1) is 35.9 Å². The average Bonchev–Trinajstić information content (AvgIpc) is 3.34. The average molecular weight is 384 g/mol. The number of nitrogens with one attached hydrogen (secondary N) is 3. The normalized spacial score (nSPS) is 13.9. The molecule has 3 aromatic rings. The van der Waals surface area contributed by atoms with Crippen LogP contribution in [0.4, 0.5) is 10.1 Å². The molecule has 1 aromatic carbocycles. The maximum absolute atomic E-state index is 12.7. The summed E-state index contributed by atoms with van der Waals surface area (Å²) < 4.78 is 17.9. The summed E-state index contributed by atoms with van der Waals surface area (Å²) in [6.07, 6.45) is 2.29. The Morgan fingerprint density at radius 2 is 2.25 bits per heavy atom. The molecule has 0 spiro atoms. The molecule has 0 unspecified atom stereocenters. The van der Waals surface area contributed by atoms with E-state index in [9.17, 15) is 9.18 Å². The van der Waals surface area contributed by atoms with E-state index in [0.717, 1.165) is 24.4 Å². The van der Waals surface area contributed by atoms with E-state index < -0.39 is 0 Å². The van der Waals surface area contributed by atoms with E-state index in [1.54, 1.807) is 30.5 Å². The zero-order valence-electron chi connectivity index (χ0n) is 15.5. The van der Waals surface area contributed by atoms with Gasteiger partial charge in [-0.3, -0.25) is 14.8 Å². The molecule has 9 heteroatoms. The van der Waals surface area contributed by atoms with Crippen molar-refractivity contribution in [1.29, 1.82) is 0 Å². The Morgan fingerprint density at radius 3 is 3.07 bits per heavy atom. The number of imidazole rings is 1. The van der Waals surface area contributed by atoms with Crippen LogP contribution < -0.4 is 10.1 Å². The fourth-order valence-corrected chi connectivity index (χ4v) is 3.36. The quantitative estimate of drug-likeness (QED) is 0.606. The van der Waals surface area contributed by atoms with Crippen LogP contribution in [0.1, 0.15) is 21.7 Å². The van der Waals surface area contributed by atoms with Gasteiger partial charge in [0.1, 0.15) is 18.1 Å². The van der Waals surface area contributed by atoms with Crippen molar-refractivity contribution in [3.63, 3.8) is 0 Å². The molecule has 0 saturated carbocycles. The van der Waals surface area contributed by atoms with Gasteiger partial charge in [0.25, 0.3) is 5.91 Å². The van der Waals surface area contributed by atoms with Crippen LogP contribution in [-0.4, -0.2) is 57.8 Å². The molecule has 0 bridgehead atoms. The number of benzene rings is 1. The molecule has 0 saturated heterocycles. The van der Waals surface area contributed by atoms with Crippen LogP contribution in [0.2, 0.25) is 0 Å². The van der Waals surface area contributed by atoms with Crippen molar-refractivity contribution in [2.75, 3.05) is 32.2 Å². The molecule has 0 atom stereocenters. The van der Waals surface area contributed by atoms with Gasteiger partial charge in [0.15, 0.2) is 5.82 Å². The highest BCUT2D eigenvalue weighted by Gasteiger charge is 2.23. The molecule has 4 rings (SSSR count). The van der Waals surface area contributed by atoms with E-state index in [-0.39, 0.29) is 12.6 Å². The lowest BCUT2D eigenvalue weighted by atomic mass is 10.1. The summed E-state index contributed by atoms with van der Waals surface area (Å²) in [5, 5.41) is 9.79. The molecule has 0 radical (unpaired) electrons. The maximum atomic E-state index is 12.7. The molecule has 1 aliphatic heterocycles.